The normalized spacial score (nSPS) is 15.7. The van der Waals surface area contributed by atoms with E-state index in [9.17, 15) is 8.42 Å². The molecule has 0 N–H and O–H groups in total. The Hall–Kier alpha value is -0.790. The number of hydrogen-bond acceptors (Lipinski definition) is 3. The van der Waals surface area contributed by atoms with Crippen LogP contribution in [0.3, 0.4) is 0 Å². The van der Waals surface area contributed by atoms with Crippen molar-refractivity contribution in [3.8, 4) is 11.8 Å². The molecular formula is C10H16O3S. The summed E-state index contributed by atoms with van der Waals surface area (Å²) in [5.74, 6) is 5.47. The average Bonchev–Trinajstić information content (AvgIpc) is 1.91. The molecule has 0 fully saturated rings. The summed E-state index contributed by atoms with van der Waals surface area (Å²) in [5.41, 5.74) is -0.186. The molecule has 0 spiro atoms. The van der Waals surface area contributed by atoms with Crippen molar-refractivity contribution in [2.45, 2.75) is 20.8 Å². The first-order valence-corrected chi connectivity index (χ1v) is 5.84. The summed E-state index contributed by atoms with van der Waals surface area (Å²) in [6.07, 6.45) is 3.00. The fourth-order valence-corrected chi connectivity index (χ4v) is 0.679. The zero-order chi connectivity index (χ0) is 13.0. The van der Waals surface area contributed by atoms with Crippen molar-refractivity contribution < 1.29 is 15.3 Å². The van der Waals surface area contributed by atoms with Gasteiger partial charge in [-0.3, -0.25) is 4.18 Å². The Morgan fingerprint density at radius 1 is 1.50 bits per heavy atom. The zero-order valence-corrected chi connectivity index (χ0v) is 9.60. The maximum atomic E-state index is 10.7. The molecule has 0 rings (SSSR count). The van der Waals surface area contributed by atoms with E-state index in [1.54, 1.807) is 0 Å². The van der Waals surface area contributed by atoms with Crippen molar-refractivity contribution in [2.75, 3.05) is 12.8 Å². The molecule has 0 radical (unpaired) electrons. The number of hydrogen-bond donors (Lipinski definition) is 0. The van der Waals surface area contributed by atoms with Gasteiger partial charge in [-0.2, -0.15) is 8.42 Å². The number of allylic oxidation sites excluding steroid dienone is 1. The topological polar surface area (TPSA) is 43.4 Å². The Labute approximate surface area is 89.1 Å². The van der Waals surface area contributed by atoms with Gasteiger partial charge in [0.15, 0.2) is 0 Å². The lowest BCUT2D eigenvalue weighted by atomic mass is 9.98. The highest BCUT2D eigenvalue weighted by atomic mass is 32.2. The maximum Gasteiger partial charge on any atom is 0.264 e. The van der Waals surface area contributed by atoms with Gasteiger partial charge in [-0.15, -0.1) is 0 Å². The first kappa shape index (κ1) is 9.75. The van der Waals surface area contributed by atoms with E-state index >= 15 is 0 Å². The van der Waals surface area contributed by atoms with Gasteiger partial charge in [0.2, 0.25) is 0 Å². The van der Waals surface area contributed by atoms with Gasteiger partial charge in [-0.25, -0.2) is 0 Å². The van der Waals surface area contributed by atoms with Crippen molar-refractivity contribution in [1.29, 1.82) is 0 Å². The molecule has 0 aromatic rings. The zero-order valence-electron chi connectivity index (χ0n) is 10.8. The molecule has 0 saturated heterocycles. The molecule has 0 aromatic heterocycles. The Kier molecular flexibility index (Phi) is 3.61. The SMILES string of the molecule is [2H]C([2H])(C=CC#CC(C)(C)C)OS(C)(=O)=O. The third-order valence-corrected chi connectivity index (χ3v) is 1.28. The van der Waals surface area contributed by atoms with Gasteiger partial charge in [0.05, 0.1) is 15.6 Å². The van der Waals surface area contributed by atoms with Crippen LogP contribution in [-0.2, 0) is 14.3 Å². The second-order valence-corrected chi connectivity index (χ2v) is 5.33. The lowest BCUT2D eigenvalue weighted by molar-refractivity contribution is 0.361. The molecule has 3 nitrogen and oxygen atoms in total. The Morgan fingerprint density at radius 2 is 2.07 bits per heavy atom. The molecule has 0 amide bonds. The van der Waals surface area contributed by atoms with E-state index in [1.165, 1.54) is 6.08 Å². The average molecular weight is 218 g/mol. The minimum atomic E-state index is -3.82. The van der Waals surface area contributed by atoms with Crippen molar-refractivity contribution in [3.05, 3.63) is 12.2 Å². The van der Waals surface area contributed by atoms with Crippen LogP contribution < -0.4 is 0 Å². The summed E-state index contributed by atoms with van der Waals surface area (Å²) in [5, 5.41) is 0. The van der Waals surface area contributed by atoms with E-state index in [2.05, 4.69) is 16.0 Å². The van der Waals surface area contributed by atoms with Crippen molar-refractivity contribution in [3.63, 3.8) is 0 Å². The van der Waals surface area contributed by atoms with E-state index in [-0.39, 0.29) is 5.41 Å². The summed E-state index contributed by atoms with van der Waals surface area (Å²) in [4.78, 5) is 0. The lowest BCUT2D eigenvalue weighted by Gasteiger charge is -2.05. The molecule has 0 aromatic carbocycles. The van der Waals surface area contributed by atoms with Crippen molar-refractivity contribution in [2.24, 2.45) is 5.41 Å². The summed E-state index contributed by atoms with van der Waals surface area (Å²) < 4.78 is 40.1. The molecule has 0 aliphatic heterocycles. The molecule has 0 aliphatic carbocycles. The molecule has 14 heavy (non-hydrogen) atoms. The van der Waals surface area contributed by atoms with Gasteiger partial charge < -0.3 is 0 Å². The highest BCUT2D eigenvalue weighted by Crippen LogP contribution is 2.09. The van der Waals surface area contributed by atoms with Gasteiger partial charge in [0, 0.05) is 5.41 Å². The number of rotatable bonds is 3. The second-order valence-electron chi connectivity index (χ2n) is 3.76. The van der Waals surface area contributed by atoms with Crippen LogP contribution in [0.5, 0.6) is 0 Å². The highest BCUT2D eigenvalue weighted by Gasteiger charge is 2.02. The largest absolute Gasteiger partial charge is 0.266 e. The van der Waals surface area contributed by atoms with Crippen LogP contribution in [0, 0.1) is 17.3 Å². The lowest BCUT2D eigenvalue weighted by Crippen LogP contribution is -2.01. The maximum absolute atomic E-state index is 10.7. The Balaban J connectivity index is 4.59. The molecule has 0 aliphatic rings. The highest BCUT2D eigenvalue weighted by molar-refractivity contribution is 7.85. The Bertz CT molecular complexity index is 419. The molecule has 0 saturated carbocycles. The van der Waals surface area contributed by atoms with Crippen LogP contribution in [0.25, 0.3) is 0 Å². The van der Waals surface area contributed by atoms with Crippen LogP contribution in [0.4, 0.5) is 0 Å². The van der Waals surface area contributed by atoms with Crippen molar-refractivity contribution in [1.82, 2.24) is 0 Å². The molecular weight excluding hydrogens is 200 g/mol. The first-order chi connectivity index (χ1) is 6.91. The quantitative estimate of drug-likeness (QED) is 0.533. The third kappa shape index (κ3) is 11.2. The van der Waals surface area contributed by atoms with Gasteiger partial charge in [0.1, 0.15) is 0 Å². The molecule has 0 unspecified atom stereocenters. The van der Waals surface area contributed by atoms with Gasteiger partial charge in [-0.05, 0) is 32.9 Å². The van der Waals surface area contributed by atoms with Gasteiger partial charge in [-0.1, -0.05) is 11.8 Å². The van der Waals surface area contributed by atoms with Crippen LogP contribution in [-0.4, -0.2) is 21.2 Å². The predicted molar refractivity (Wildman–Crippen MR) is 57.2 cm³/mol. The second kappa shape index (κ2) is 5.18. The van der Waals surface area contributed by atoms with Gasteiger partial charge in [0.25, 0.3) is 10.1 Å². The molecule has 4 heteroatoms. The standard InChI is InChI=1S/C10H16O3S/c1-10(2,3)8-6-5-7-9-13-14(4,11)12/h5,7H,9H2,1-4H3/i9D2. The van der Waals surface area contributed by atoms with Crippen LogP contribution in [0.15, 0.2) is 12.2 Å². The minimum Gasteiger partial charge on any atom is -0.266 e. The van der Waals surface area contributed by atoms with E-state index in [0.717, 1.165) is 12.3 Å². The summed E-state index contributed by atoms with van der Waals surface area (Å²) in [6.45, 7) is 3.38. The third-order valence-electron chi connectivity index (χ3n) is 0.881. The summed E-state index contributed by atoms with van der Waals surface area (Å²) in [6, 6.07) is 0. The van der Waals surface area contributed by atoms with E-state index in [4.69, 9.17) is 2.74 Å². The molecule has 0 bridgehead atoms. The van der Waals surface area contributed by atoms with Crippen LogP contribution >= 0.6 is 0 Å². The van der Waals surface area contributed by atoms with E-state index in [1.807, 2.05) is 20.8 Å². The predicted octanol–water partition coefficient (Wildman–Crippen LogP) is 1.57. The summed E-state index contributed by atoms with van der Waals surface area (Å²) in [7, 11) is -3.82. The summed E-state index contributed by atoms with van der Waals surface area (Å²) >= 11 is 0. The van der Waals surface area contributed by atoms with Crippen LogP contribution in [0.2, 0.25) is 0 Å². The minimum absolute atomic E-state index is 0.186. The first-order valence-electron chi connectivity index (χ1n) is 5.02. The molecule has 80 valence electrons. The molecule has 0 heterocycles. The fraction of sp³-hybridized carbons (Fsp3) is 0.600. The van der Waals surface area contributed by atoms with Crippen molar-refractivity contribution >= 4 is 10.1 Å². The van der Waals surface area contributed by atoms with Crippen LogP contribution in [0.1, 0.15) is 23.5 Å². The molecule has 0 atom stereocenters. The Morgan fingerprint density at radius 3 is 2.50 bits per heavy atom. The fourth-order valence-electron chi connectivity index (χ4n) is 0.449. The monoisotopic (exact) mass is 218 g/mol. The van der Waals surface area contributed by atoms with Gasteiger partial charge >= 0.3 is 0 Å². The smallest absolute Gasteiger partial charge is 0.264 e. The van der Waals surface area contributed by atoms with E-state index in [0.29, 0.717) is 0 Å². The van der Waals surface area contributed by atoms with E-state index < -0.39 is 16.7 Å².